The molecule has 1 amide bonds. The Bertz CT molecular complexity index is 756. The number of amides is 1. The molecule has 0 saturated carbocycles. The van der Waals surface area contributed by atoms with E-state index in [0.717, 1.165) is 26.1 Å². The Balaban J connectivity index is 1.70. The molecule has 0 bridgehead atoms. The van der Waals surface area contributed by atoms with Gasteiger partial charge in [0.05, 0.1) is 10.9 Å². The van der Waals surface area contributed by atoms with E-state index in [0.29, 0.717) is 29.6 Å². The first-order valence-corrected chi connectivity index (χ1v) is 8.17. The van der Waals surface area contributed by atoms with Crippen LogP contribution in [-0.2, 0) is 11.2 Å². The fraction of sp³-hybridized carbons (Fsp3) is 0.471. The van der Waals surface area contributed by atoms with Crippen LogP contribution in [0.4, 0.5) is 0 Å². The predicted octanol–water partition coefficient (Wildman–Crippen LogP) is 1.07. The van der Waals surface area contributed by atoms with Gasteiger partial charge < -0.3 is 15.2 Å². The van der Waals surface area contributed by atoms with Crippen molar-refractivity contribution in [2.45, 2.75) is 32.2 Å². The molecule has 1 aliphatic rings. The lowest BCUT2D eigenvalue weighted by atomic mass is 10.1. The monoisotopic (exact) mass is 314 g/mol. The number of nitrogens with zero attached hydrogens (tertiary/aromatic N) is 2. The van der Waals surface area contributed by atoms with E-state index in [-0.39, 0.29) is 17.5 Å². The summed E-state index contributed by atoms with van der Waals surface area (Å²) < 4.78 is 0. The number of hydrogen-bond acceptors (Lipinski definition) is 4. The van der Waals surface area contributed by atoms with Crippen molar-refractivity contribution in [3.63, 3.8) is 0 Å². The minimum absolute atomic E-state index is 0.133. The molecule has 1 saturated heterocycles. The molecule has 3 rings (SSSR count). The van der Waals surface area contributed by atoms with Crippen molar-refractivity contribution in [1.29, 1.82) is 0 Å². The van der Waals surface area contributed by atoms with Crippen LogP contribution in [-0.4, -0.2) is 46.5 Å². The molecule has 122 valence electrons. The summed E-state index contributed by atoms with van der Waals surface area (Å²) in [5, 5.41) is 3.90. The lowest BCUT2D eigenvalue weighted by Gasteiger charge is -2.35. The zero-order chi connectivity index (χ0) is 16.2. The van der Waals surface area contributed by atoms with Gasteiger partial charge in [-0.2, -0.15) is 0 Å². The fourth-order valence-corrected chi connectivity index (χ4v) is 3.08. The maximum absolute atomic E-state index is 12.5. The van der Waals surface area contributed by atoms with Gasteiger partial charge in [0, 0.05) is 38.5 Å². The second kappa shape index (κ2) is 6.91. The number of carbonyl (C=O) groups is 1. The van der Waals surface area contributed by atoms with E-state index in [1.165, 1.54) is 0 Å². The van der Waals surface area contributed by atoms with Crippen LogP contribution in [0.5, 0.6) is 0 Å². The van der Waals surface area contributed by atoms with Crippen molar-refractivity contribution >= 4 is 16.8 Å². The maximum Gasteiger partial charge on any atom is 0.258 e. The molecule has 0 spiro atoms. The van der Waals surface area contributed by atoms with E-state index in [1.807, 2.05) is 23.1 Å². The number of piperazine rings is 1. The van der Waals surface area contributed by atoms with Crippen molar-refractivity contribution in [3.8, 4) is 0 Å². The number of hydrogen-bond donors (Lipinski definition) is 2. The molecule has 0 radical (unpaired) electrons. The van der Waals surface area contributed by atoms with Crippen molar-refractivity contribution in [1.82, 2.24) is 20.2 Å². The Hall–Kier alpha value is -2.21. The molecule has 2 aromatic rings. The van der Waals surface area contributed by atoms with E-state index >= 15 is 0 Å². The molecule has 0 aliphatic carbocycles. The van der Waals surface area contributed by atoms with Crippen LogP contribution in [0, 0.1) is 0 Å². The first kappa shape index (κ1) is 15.7. The lowest BCUT2D eigenvalue weighted by molar-refractivity contribution is -0.134. The Morgan fingerprint density at radius 2 is 2.22 bits per heavy atom. The Morgan fingerprint density at radius 1 is 1.39 bits per heavy atom. The second-order valence-corrected chi connectivity index (χ2v) is 5.88. The molecular formula is C17H22N4O2. The highest BCUT2D eigenvalue weighted by Crippen LogP contribution is 2.11. The molecule has 1 fully saturated rings. The summed E-state index contributed by atoms with van der Waals surface area (Å²) in [5.74, 6) is 0.708. The van der Waals surface area contributed by atoms with Gasteiger partial charge in [-0.3, -0.25) is 9.59 Å². The number of aromatic amines is 1. The number of aryl methyl sites for hydroxylation is 1. The molecule has 6 heteroatoms. The largest absolute Gasteiger partial charge is 0.337 e. The molecule has 23 heavy (non-hydrogen) atoms. The van der Waals surface area contributed by atoms with Crippen LogP contribution >= 0.6 is 0 Å². The van der Waals surface area contributed by atoms with Gasteiger partial charge in [-0.25, -0.2) is 4.98 Å². The third kappa shape index (κ3) is 3.42. The number of nitrogens with one attached hydrogen (secondary N) is 2. The minimum atomic E-state index is -0.147. The van der Waals surface area contributed by atoms with Crippen LogP contribution in [0.1, 0.15) is 25.6 Å². The van der Waals surface area contributed by atoms with Gasteiger partial charge in [-0.15, -0.1) is 0 Å². The number of para-hydroxylation sites is 1. The highest BCUT2D eigenvalue weighted by atomic mass is 16.2. The number of H-pyrrole nitrogens is 1. The van der Waals surface area contributed by atoms with Gasteiger partial charge in [0.15, 0.2) is 0 Å². The smallest absolute Gasteiger partial charge is 0.258 e. The van der Waals surface area contributed by atoms with E-state index < -0.39 is 0 Å². The fourth-order valence-electron chi connectivity index (χ4n) is 3.08. The first-order valence-electron chi connectivity index (χ1n) is 8.17. The number of rotatable bonds is 4. The SMILES string of the molecule is CC[C@H]1CNCCN1C(=O)CCc1nc2ccccc2c(=O)[nH]1. The second-order valence-electron chi connectivity index (χ2n) is 5.88. The van der Waals surface area contributed by atoms with Gasteiger partial charge >= 0.3 is 0 Å². The summed E-state index contributed by atoms with van der Waals surface area (Å²) in [5.41, 5.74) is 0.527. The van der Waals surface area contributed by atoms with Crippen LogP contribution in [0.15, 0.2) is 29.1 Å². The molecule has 1 aliphatic heterocycles. The molecule has 1 aromatic carbocycles. The van der Waals surface area contributed by atoms with Crippen LogP contribution in [0.3, 0.4) is 0 Å². The summed E-state index contributed by atoms with van der Waals surface area (Å²) in [7, 11) is 0. The summed E-state index contributed by atoms with van der Waals surface area (Å²) in [6.45, 7) is 4.54. The van der Waals surface area contributed by atoms with Gasteiger partial charge in [0.1, 0.15) is 5.82 Å². The van der Waals surface area contributed by atoms with Crippen molar-refractivity contribution < 1.29 is 4.79 Å². The highest BCUT2D eigenvalue weighted by molar-refractivity contribution is 5.78. The number of aromatic nitrogens is 2. The predicted molar refractivity (Wildman–Crippen MR) is 89.3 cm³/mol. The van der Waals surface area contributed by atoms with Crippen LogP contribution in [0.2, 0.25) is 0 Å². The lowest BCUT2D eigenvalue weighted by Crippen LogP contribution is -2.53. The normalized spacial score (nSPS) is 18.3. The maximum atomic E-state index is 12.5. The zero-order valence-corrected chi connectivity index (χ0v) is 13.3. The van der Waals surface area contributed by atoms with Crippen molar-refractivity contribution in [2.24, 2.45) is 0 Å². The average Bonchev–Trinajstić information content (AvgIpc) is 2.59. The number of carbonyl (C=O) groups excluding carboxylic acids is 1. The average molecular weight is 314 g/mol. The van der Waals surface area contributed by atoms with Crippen molar-refractivity contribution in [3.05, 3.63) is 40.4 Å². The Kier molecular flexibility index (Phi) is 4.71. The summed E-state index contributed by atoms with van der Waals surface area (Å²) >= 11 is 0. The van der Waals surface area contributed by atoms with E-state index in [2.05, 4.69) is 22.2 Å². The summed E-state index contributed by atoms with van der Waals surface area (Å²) in [6, 6.07) is 7.51. The van der Waals surface area contributed by atoms with E-state index in [1.54, 1.807) is 6.07 Å². The van der Waals surface area contributed by atoms with Gasteiger partial charge in [-0.1, -0.05) is 19.1 Å². The number of benzene rings is 1. The molecule has 6 nitrogen and oxygen atoms in total. The Morgan fingerprint density at radius 3 is 3.04 bits per heavy atom. The van der Waals surface area contributed by atoms with Gasteiger partial charge in [0.25, 0.3) is 5.56 Å². The molecule has 2 heterocycles. The van der Waals surface area contributed by atoms with Crippen molar-refractivity contribution in [2.75, 3.05) is 19.6 Å². The molecule has 0 unspecified atom stereocenters. The quantitative estimate of drug-likeness (QED) is 0.885. The first-order chi connectivity index (χ1) is 11.2. The van der Waals surface area contributed by atoms with Gasteiger partial charge in [-0.05, 0) is 18.6 Å². The molecular weight excluding hydrogens is 292 g/mol. The summed E-state index contributed by atoms with van der Waals surface area (Å²) in [4.78, 5) is 33.7. The molecule has 1 atom stereocenters. The number of fused-ring (bicyclic) bond motifs is 1. The molecule has 2 N–H and O–H groups in total. The third-order valence-corrected chi connectivity index (χ3v) is 4.38. The topological polar surface area (TPSA) is 78.1 Å². The molecule has 1 aromatic heterocycles. The minimum Gasteiger partial charge on any atom is -0.337 e. The van der Waals surface area contributed by atoms with Gasteiger partial charge in [0.2, 0.25) is 5.91 Å². The van der Waals surface area contributed by atoms with Crippen LogP contribution < -0.4 is 10.9 Å². The van der Waals surface area contributed by atoms with E-state index in [9.17, 15) is 9.59 Å². The van der Waals surface area contributed by atoms with Crippen LogP contribution in [0.25, 0.3) is 10.9 Å². The highest BCUT2D eigenvalue weighted by Gasteiger charge is 2.24. The Labute approximate surface area is 134 Å². The third-order valence-electron chi connectivity index (χ3n) is 4.38. The standard InChI is InChI=1S/C17H22N4O2/c1-2-12-11-18-9-10-21(12)16(22)8-7-15-19-14-6-4-3-5-13(14)17(23)20-15/h3-6,12,18H,2,7-11H2,1H3,(H,19,20,23)/t12-/m0/s1. The zero-order valence-electron chi connectivity index (χ0n) is 13.3. The summed E-state index contributed by atoms with van der Waals surface area (Å²) in [6.07, 6.45) is 1.78. The van der Waals surface area contributed by atoms with E-state index in [4.69, 9.17) is 0 Å².